The average molecular weight is 653 g/mol. The van der Waals surface area contributed by atoms with E-state index >= 15 is 0 Å². The molecule has 5 heteroatoms. The first-order valence-electron chi connectivity index (χ1n) is 17.2. The second kappa shape index (κ2) is 10.8. The predicted molar refractivity (Wildman–Crippen MR) is 209 cm³/mol. The van der Waals surface area contributed by atoms with Gasteiger partial charge in [0.05, 0.1) is 34.0 Å². The second-order valence-corrected chi connectivity index (χ2v) is 13.1. The highest BCUT2D eigenvalue weighted by atomic mass is 16.3. The molecule has 0 aliphatic heterocycles. The van der Waals surface area contributed by atoms with Gasteiger partial charge in [0, 0.05) is 43.9 Å². The first kappa shape index (κ1) is 27.9. The molecule has 0 saturated heterocycles. The lowest BCUT2D eigenvalue weighted by Crippen LogP contribution is -1.93. The van der Waals surface area contributed by atoms with Gasteiger partial charge in [-0.2, -0.15) is 0 Å². The van der Waals surface area contributed by atoms with Crippen molar-refractivity contribution in [1.82, 2.24) is 19.1 Å². The van der Waals surface area contributed by atoms with Crippen LogP contribution >= 0.6 is 0 Å². The molecule has 0 aliphatic carbocycles. The Morgan fingerprint density at radius 1 is 0.412 bits per heavy atom. The number of fused-ring (bicyclic) bond motifs is 9. The minimum Gasteiger partial charge on any atom is -0.436 e. The number of hydrogen-bond donors (Lipinski definition) is 0. The molecule has 5 nitrogen and oxygen atoms in total. The van der Waals surface area contributed by atoms with Crippen LogP contribution in [0.3, 0.4) is 0 Å². The minimum absolute atomic E-state index is 0.535. The zero-order valence-corrected chi connectivity index (χ0v) is 27.4. The molecular weight excluding hydrogens is 625 g/mol. The third-order valence-electron chi connectivity index (χ3n) is 10.2. The number of para-hydroxylation sites is 4. The Balaban J connectivity index is 1.01. The number of rotatable bonds is 4. The van der Waals surface area contributed by atoms with Crippen molar-refractivity contribution in [1.29, 1.82) is 0 Å². The highest BCUT2D eigenvalue weighted by molar-refractivity contribution is 6.12. The maximum atomic E-state index is 6.32. The van der Waals surface area contributed by atoms with Crippen LogP contribution in [0.1, 0.15) is 0 Å². The fourth-order valence-corrected chi connectivity index (χ4v) is 7.85. The van der Waals surface area contributed by atoms with Crippen molar-refractivity contribution < 1.29 is 4.42 Å². The molecule has 0 aliphatic rings. The van der Waals surface area contributed by atoms with E-state index in [1.807, 2.05) is 12.3 Å². The van der Waals surface area contributed by atoms with E-state index in [4.69, 9.17) is 14.4 Å². The molecule has 0 unspecified atom stereocenters. The molecule has 11 rings (SSSR count). The quantitative estimate of drug-likeness (QED) is 0.190. The minimum atomic E-state index is 0.535. The summed E-state index contributed by atoms with van der Waals surface area (Å²) >= 11 is 0. The Hall–Kier alpha value is -6.98. The number of aromatic nitrogens is 4. The van der Waals surface area contributed by atoms with Gasteiger partial charge in [-0.3, -0.25) is 0 Å². The molecule has 4 heterocycles. The Morgan fingerprint density at radius 2 is 0.902 bits per heavy atom. The lowest BCUT2D eigenvalue weighted by atomic mass is 10.0. The van der Waals surface area contributed by atoms with Gasteiger partial charge in [0.1, 0.15) is 11.1 Å². The Morgan fingerprint density at radius 3 is 1.53 bits per heavy atom. The maximum absolute atomic E-state index is 6.32. The molecule has 0 N–H and O–H groups in total. The third kappa shape index (κ3) is 4.22. The van der Waals surface area contributed by atoms with Crippen molar-refractivity contribution in [2.75, 3.05) is 0 Å². The summed E-state index contributed by atoms with van der Waals surface area (Å²) in [6.07, 6.45) is 1.87. The molecule has 51 heavy (non-hydrogen) atoms. The number of furan rings is 1. The first-order valence-corrected chi connectivity index (χ1v) is 17.2. The zero-order valence-electron chi connectivity index (χ0n) is 27.4. The Bertz CT molecular complexity index is 3130. The molecule has 0 saturated carbocycles. The van der Waals surface area contributed by atoms with Crippen molar-refractivity contribution in [3.63, 3.8) is 0 Å². The van der Waals surface area contributed by atoms with E-state index in [1.165, 1.54) is 38.1 Å². The van der Waals surface area contributed by atoms with Gasteiger partial charge in [-0.25, -0.2) is 9.97 Å². The topological polar surface area (TPSA) is 48.8 Å². The zero-order chi connectivity index (χ0) is 33.5. The van der Waals surface area contributed by atoms with Crippen molar-refractivity contribution >= 4 is 65.8 Å². The number of hydrogen-bond acceptors (Lipinski definition) is 3. The van der Waals surface area contributed by atoms with E-state index in [2.05, 4.69) is 167 Å². The van der Waals surface area contributed by atoms with Crippen LogP contribution in [-0.2, 0) is 0 Å². The number of benzene rings is 7. The molecule has 238 valence electrons. The third-order valence-corrected chi connectivity index (χ3v) is 10.2. The van der Waals surface area contributed by atoms with Crippen LogP contribution in [0.25, 0.3) is 99.6 Å². The molecule has 7 aromatic carbocycles. The standard InChI is InChI=1S/C46H28N4O/c1-3-11-32(12-4-1)49-40-17-9-7-15-34(40)36-25-29(19-22-42(36)49)30-21-24-44-38(26-30)45-46(51-44)48-39(28-47-45)31-20-23-43-37(27-31)35-16-8-10-18-41(35)50(43)33-13-5-2-6-14-33/h1-28H. The summed E-state index contributed by atoms with van der Waals surface area (Å²) in [4.78, 5) is 9.94. The second-order valence-electron chi connectivity index (χ2n) is 13.1. The summed E-state index contributed by atoms with van der Waals surface area (Å²) in [6, 6.07) is 57.8. The largest absolute Gasteiger partial charge is 0.436 e. The monoisotopic (exact) mass is 652 g/mol. The highest BCUT2D eigenvalue weighted by Crippen LogP contribution is 2.38. The van der Waals surface area contributed by atoms with Crippen LogP contribution in [0, 0.1) is 0 Å². The van der Waals surface area contributed by atoms with E-state index in [-0.39, 0.29) is 0 Å². The smallest absolute Gasteiger partial charge is 0.246 e. The summed E-state index contributed by atoms with van der Waals surface area (Å²) in [6.45, 7) is 0. The predicted octanol–water partition coefficient (Wildman–Crippen LogP) is 11.9. The maximum Gasteiger partial charge on any atom is 0.246 e. The average Bonchev–Trinajstić information content (AvgIpc) is 3.85. The highest BCUT2D eigenvalue weighted by Gasteiger charge is 2.17. The van der Waals surface area contributed by atoms with Crippen LogP contribution in [0.2, 0.25) is 0 Å². The lowest BCUT2D eigenvalue weighted by Gasteiger charge is -2.08. The molecule has 0 amide bonds. The normalized spacial score (nSPS) is 11.9. The van der Waals surface area contributed by atoms with Gasteiger partial charge in [0.25, 0.3) is 0 Å². The first-order chi connectivity index (χ1) is 25.3. The summed E-state index contributed by atoms with van der Waals surface area (Å²) < 4.78 is 11.0. The van der Waals surface area contributed by atoms with Gasteiger partial charge in [-0.05, 0) is 83.9 Å². The van der Waals surface area contributed by atoms with E-state index in [9.17, 15) is 0 Å². The summed E-state index contributed by atoms with van der Waals surface area (Å²) in [5.74, 6) is 0. The Kier molecular flexibility index (Phi) is 5.89. The van der Waals surface area contributed by atoms with E-state index < -0.39 is 0 Å². The van der Waals surface area contributed by atoms with Crippen LogP contribution in [0.5, 0.6) is 0 Å². The van der Waals surface area contributed by atoms with E-state index in [1.54, 1.807) is 0 Å². The fraction of sp³-hybridized carbons (Fsp3) is 0. The molecule has 0 bridgehead atoms. The van der Waals surface area contributed by atoms with Gasteiger partial charge >= 0.3 is 0 Å². The van der Waals surface area contributed by atoms with E-state index in [0.717, 1.165) is 55.8 Å². The van der Waals surface area contributed by atoms with Crippen molar-refractivity contribution in [2.24, 2.45) is 0 Å². The van der Waals surface area contributed by atoms with Crippen LogP contribution in [0.4, 0.5) is 0 Å². The van der Waals surface area contributed by atoms with Crippen LogP contribution in [0.15, 0.2) is 174 Å². The summed E-state index contributed by atoms with van der Waals surface area (Å²) in [5.41, 5.74) is 13.1. The molecule has 0 spiro atoms. The van der Waals surface area contributed by atoms with Crippen LogP contribution < -0.4 is 0 Å². The summed E-state index contributed by atoms with van der Waals surface area (Å²) in [5, 5.41) is 5.78. The fourth-order valence-electron chi connectivity index (χ4n) is 7.85. The molecular formula is C46H28N4O. The van der Waals surface area contributed by atoms with Gasteiger partial charge in [-0.1, -0.05) is 91.0 Å². The van der Waals surface area contributed by atoms with Gasteiger partial charge < -0.3 is 13.6 Å². The van der Waals surface area contributed by atoms with E-state index in [0.29, 0.717) is 5.71 Å². The van der Waals surface area contributed by atoms with Crippen LogP contribution in [-0.4, -0.2) is 19.1 Å². The van der Waals surface area contributed by atoms with Crippen molar-refractivity contribution in [2.45, 2.75) is 0 Å². The van der Waals surface area contributed by atoms with Gasteiger partial charge in [0.2, 0.25) is 5.71 Å². The molecule has 0 atom stereocenters. The molecule has 0 fully saturated rings. The lowest BCUT2D eigenvalue weighted by molar-refractivity contribution is 0.653. The Labute approximate surface area is 292 Å². The molecule has 11 aromatic rings. The molecule has 0 radical (unpaired) electrons. The van der Waals surface area contributed by atoms with Gasteiger partial charge in [-0.15, -0.1) is 0 Å². The van der Waals surface area contributed by atoms with Gasteiger partial charge in [0.15, 0.2) is 0 Å². The van der Waals surface area contributed by atoms with Crippen molar-refractivity contribution in [3.8, 4) is 33.8 Å². The number of nitrogens with zero attached hydrogens (tertiary/aromatic N) is 4. The molecule has 4 aromatic heterocycles. The summed E-state index contributed by atoms with van der Waals surface area (Å²) in [7, 11) is 0. The van der Waals surface area contributed by atoms with Crippen molar-refractivity contribution in [3.05, 3.63) is 170 Å². The SMILES string of the molecule is c1ccc(-n2c3ccccc3c3cc(-c4ccc5oc6nc(-c7ccc8c(c7)c7ccccc7n8-c7ccccc7)cnc6c5c4)ccc32)cc1.